The van der Waals surface area contributed by atoms with Crippen molar-refractivity contribution in [3.63, 3.8) is 0 Å². The molecule has 4 heteroatoms. The largest absolute Gasteiger partial charge is 0.309 e. The van der Waals surface area contributed by atoms with Crippen molar-refractivity contribution in [1.82, 2.24) is 19.1 Å². The van der Waals surface area contributed by atoms with Crippen LogP contribution in [0.3, 0.4) is 0 Å². The molecule has 0 bridgehead atoms. The number of para-hydroxylation sites is 2. The van der Waals surface area contributed by atoms with Crippen LogP contribution in [-0.2, 0) is 0 Å². The van der Waals surface area contributed by atoms with Gasteiger partial charge in [-0.2, -0.15) is 0 Å². The van der Waals surface area contributed by atoms with E-state index >= 15 is 0 Å². The molecule has 0 aliphatic carbocycles. The lowest BCUT2D eigenvalue weighted by Crippen LogP contribution is -2.00. The predicted octanol–water partition coefficient (Wildman–Crippen LogP) is 13.5. The van der Waals surface area contributed by atoms with Gasteiger partial charge in [-0.15, -0.1) is 0 Å². The topological polar surface area (TPSA) is 35.6 Å². The minimum Gasteiger partial charge on any atom is -0.309 e. The zero-order valence-corrected chi connectivity index (χ0v) is 30.3. The summed E-state index contributed by atoms with van der Waals surface area (Å²) in [6.45, 7) is 0. The van der Waals surface area contributed by atoms with E-state index in [4.69, 9.17) is 9.97 Å². The molecule has 260 valence electrons. The van der Waals surface area contributed by atoms with Crippen molar-refractivity contribution < 1.29 is 0 Å². The van der Waals surface area contributed by atoms with E-state index in [1.54, 1.807) is 0 Å². The highest BCUT2D eigenvalue weighted by atomic mass is 15.1. The van der Waals surface area contributed by atoms with Gasteiger partial charge in [0.1, 0.15) is 0 Å². The summed E-state index contributed by atoms with van der Waals surface area (Å²) < 4.78 is 4.75. The number of hydrogen-bond acceptors (Lipinski definition) is 2. The maximum Gasteiger partial charge on any atom is 0.156 e. The van der Waals surface area contributed by atoms with Gasteiger partial charge in [-0.3, -0.25) is 9.55 Å². The summed E-state index contributed by atoms with van der Waals surface area (Å²) in [5, 5.41) is 9.34. The summed E-state index contributed by atoms with van der Waals surface area (Å²) in [5.41, 5.74) is 12.2. The first-order valence-electron chi connectivity index (χ1n) is 19.1. The van der Waals surface area contributed by atoms with Crippen molar-refractivity contribution in [2.24, 2.45) is 0 Å². The van der Waals surface area contributed by atoms with Crippen LogP contribution in [0.2, 0.25) is 0 Å². The minimum atomic E-state index is 0.801. The van der Waals surface area contributed by atoms with Crippen LogP contribution in [0.5, 0.6) is 0 Å². The van der Waals surface area contributed by atoms with E-state index in [0.717, 1.165) is 49.9 Å². The highest BCUT2D eigenvalue weighted by molar-refractivity contribution is 6.23. The molecule has 0 N–H and O–H groups in total. The summed E-state index contributed by atoms with van der Waals surface area (Å²) in [6.07, 6.45) is 1.95. The molecular weight excluding hydrogens is 681 g/mol. The zero-order chi connectivity index (χ0) is 36.7. The van der Waals surface area contributed by atoms with Gasteiger partial charge in [0.2, 0.25) is 0 Å². The molecule has 0 unspecified atom stereocenters. The Hall–Kier alpha value is -7.56. The van der Waals surface area contributed by atoms with Crippen molar-refractivity contribution >= 4 is 76.2 Å². The van der Waals surface area contributed by atoms with Crippen LogP contribution in [0.25, 0.3) is 110 Å². The predicted molar refractivity (Wildman–Crippen MR) is 234 cm³/mol. The molecule has 9 aromatic carbocycles. The highest BCUT2D eigenvalue weighted by Gasteiger charge is 2.21. The molecule has 0 saturated heterocycles. The standard InChI is InChI=1S/C52H32N4/c1-3-15-33(16-4-1)35-27-36(34-17-5-2-6-18-34)29-37(28-35)55-46-25-13-11-21-40(46)44-31-49-45(30-48(44)55)41-22-12-14-26-47(41)56(49)50-32-53-51-42-23-9-7-19-38(42)39-20-8-10-24-43(39)52(51)54-50/h1-32H. The molecule has 0 amide bonds. The Bertz CT molecular complexity index is 3430. The highest BCUT2D eigenvalue weighted by Crippen LogP contribution is 2.41. The van der Waals surface area contributed by atoms with Gasteiger partial charge < -0.3 is 4.57 Å². The second-order valence-corrected chi connectivity index (χ2v) is 14.6. The molecule has 0 aliphatic rings. The van der Waals surface area contributed by atoms with Crippen LogP contribution in [-0.4, -0.2) is 19.1 Å². The third-order valence-electron chi connectivity index (χ3n) is 11.5. The van der Waals surface area contributed by atoms with Gasteiger partial charge in [-0.25, -0.2) is 4.98 Å². The zero-order valence-electron chi connectivity index (χ0n) is 30.3. The van der Waals surface area contributed by atoms with E-state index < -0.39 is 0 Å². The Labute approximate surface area is 322 Å². The fourth-order valence-corrected chi connectivity index (χ4v) is 9.01. The lowest BCUT2D eigenvalue weighted by molar-refractivity contribution is 1.08. The lowest BCUT2D eigenvalue weighted by Gasteiger charge is -2.14. The number of nitrogens with zero attached hydrogens (tertiary/aromatic N) is 4. The molecular formula is C52H32N4. The Kier molecular flexibility index (Phi) is 6.60. The van der Waals surface area contributed by atoms with Crippen LogP contribution >= 0.6 is 0 Å². The number of rotatable bonds is 4. The van der Waals surface area contributed by atoms with Gasteiger partial charge in [-0.05, 0) is 75.5 Å². The molecule has 0 radical (unpaired) electrons. The fourth-order valence-electron chi connectivity index (χ4n) is 9.01. The first kappa shape index (κ1) is 30.9. The summed E-state index contributed by atoms with van der Waals surface area (Å²) in [6, 6.07) is 67.7. The van der Waals surface area contributed by atoms with Crippen molar-refractivity contribution in [3.05, 3.63) is 194 Å². The quantitative estimate of drug-likeness (QED) is 0.170. The number of hydrogen-bond donors (Lipinski definition) is 0. The third-order valence-corrected chi connectivity index (χ3v) is 11.5. The van der Waals surface area contributed by atoms with E-state index in [9.17, 15) is 0 Å². The van der Waals surface area contributed by atoms with E-state index in [1.165, 1.54) is 60.1 Å². The number of fused-ring (bicyclic) bond motifs is 12. The molecule has 0 spiro atoms. The molecule has 12 aromatic rings. The molecule has 56 heavy (non-hydrogen) atoms. The first-order chi connectivity index (χ1) is 27.8. The SMILES string of the molecule is c1ccc(-c2cc(-c3ccccc3)cc(-n3c4ccccc4c4cc5c(cc43)c3ccccc3n5-c3cnc4c5ccccc5c5ccccc5c4n3)c2)cc1. The molecule has 0 saturated carbocycles. The van der Waals surface area contributed by atoms with Gasteiger partial charge >= 0.3 is 0 Å². The summed E-state index contributed by atoms with van der Waals surface area (Å²) in [5.74, 6) is 0.801. The lowest BCUT2D eigenvalue weighted by atomic mass is 9.98. The smallest absolute Gasteiger partial charge is 0.156 e. The van der Waals surface area contributed by atoms with Gasteiger partial charge in [0.05, 0.1) is 39.3 Å². The third kappa shape index (κ3) is 4.53. The second kappa shape index (κ2) is 12.0. The summed E-state index contributed by atoms with van der Waals surface area (Å²) in [4.78, 5) is 10.6. The Morgan fingerprint density at radius 1 is 0.304 bits per heavy atom. The summed E-state index contributed by atoms with van der Waals surface area (Å²) in [7, 11) is 0. The second-order valence-electron chi connectivity index (χ2n) is 14.6. The number of aromatic nitrogens is 4. The van der Waals surface area contributed by atoms with Gasteiger partial charge in [-0.1, -0.05) is 146 Å². The molecule has 12 rings (SSSR count). The maximum absolute atomic E-state index is 5.46. The maximum atomic E-state index is 5.46. The van der Waals surface area contributed by atoms with Crippen molar-refractivity contribution in [2.75, 3.05) is 0 Å². The molecule has 0 atom stereocenters. The van der Waals surface area contributed by atoms with Crippen LogP contribution in [0.1, 0.15) is 0 Å². The normalized spacial score (nSPS) is 11.9. The van der Waals surface area contributed by atoms with Gasteiger partial charge in [0.25, 0.3) is 0 Å². The average Bonchev–Trinajstić information content (AvgIpc) is 3.78. The van der Waals surface area contributed by atoms with Gasteiger partial charge in [0, 0.05) is 38.0 Å². The van der Waals surface area contributed by atoms with E-state index in [0.29, 0.717) is 0 Å². The Morgan fingerprint density at radius 3 is 1.32 bits per heavy atom. The van der Waals surface area contributed by atoms with E-state index in [-0.39, 0.29) is 0 Å². The molecule has 0 fully saturated rings. The molecule has 0 aliphatic heterocycles. The molecule has 4 nitrogen and oxygen atoms in total. The van der Waals surface area contributed by atoms with Crippen molar-refractivity contribution in [2.45, 2.75) is 0 Å². The van der Waals surface area contributed by atoms with Crippen LogP contribution in [0, 0.1) is 0 Å². The van der Waals surface area contributed by atoms with Crippen LogP contribution in [0.15, 0.2) is 194 Å². The fraction of sp³-hybridized carbons (Fsp3) is 0. The Morgan fingerprint density at radius 2 is 0.750 bits per heavy atom. The van der Waals surface area contributed by atoms with Crippen LogP contribution in [0.4, 0.5) is 0 Å². The first-order valence-corrected chi connectivity index (χ1v) is 19.1. The van der Waals surface area contributed by atoms with E-state index in [1.807, 2.05) is 6.20 Å². The average molecular weight is 713 g/mol. The molecule has 3 aromatic heterocycles. The number of benzene rings is 9. The monoisotopic (exact) mass is 712 g/mol. The molecule has 3 heterocycles. The Balaban J connectivity index is 1.16. The van der Waals surface area contributed by atoms with Crippen molar-refractivity contribution in [1.29, 1.82) is 0 Å². The van der Waals surface area contributed by atoms with Crippen LogP contribution < -0.4 is 0 Å². The van der Waals surface area contributed by atoms with Gasteiger partial charge in [0.15, 0.2) is 5.82 Å². The minimum absolute atomic E-state index is 0.801. The van der Waals surface area contributed by atoms with E-state index in [2.05, 4.69) is 197 Å². The van der Waals surface area contributed by atoms with Crippen molar-refractivity contribution in [3.8, 4) is 33.8 Å². The summed E-state index contributed by atoms with van der Waals surface area (Å²) >= 11 is 0.